The molecule has 11 heavy (non-hydrogen) atoms. The third-order valence-electron chi connectivity index (χ3n) is 1.59. The predicted molar refractivity (Wildman–Crippen MR) is 43.6 cm³/mol. The molecule has 0 aliphatic heterocycles. The van der Waals surface area contributed by atoms with Gasteiger partial charge >= 0.3 is 0 Å². The van der Waals surface area contributed by atoms with Gasteiger partial charge in [-0.05, 0) is 13.0 Å². The average Bonchev–Trinajstić information content (AvgIpc) is 2.34. The lowest BCUT2D eigenvalue weighted by molar-refractivity contribution is 1.05. The Labute approximate surface area is 68.4 Å². The van der Waals surface area contributed by atoms with Crippen LogP contribution in [0.3, 0.4) is 0 Å². The summed E-state index contributed by atoms with van der Waals surface area (Å²) in [4.78, 5) is 4.06. The second-order valence-corrected chi connectivity index (χ2v) is 2.73. The van der Waals surface area contributed by atoms with Gasteiger partial charge in [-0.25, -0.2) is 4.98 Å². The monoisotopic (exact) mass is 167 g/mol. The van der Waals surface area contributed by atoms with Crippen molar-refractivity contribution >= 4 is 22.6 Å². The standard InChI is InChI=1S/C7H6ClN3/c1-4-6-5(8)2-3-9-7(6)11-10-4/h2-3H,1H3,(H,9,10,11). The third-order valence-corrected chi connectivity index (χ3v) is 1.91. The van der Waals surface area contributed by atoms with Crippen molar-refractivity contribution in [1.82, 2.24) is 15.2 Å². The number of pyridine rings is 1. The number of hydrogen-bond donors (Lipinski definition) is 1. The molecule has 56 valence electrons. The molecule has 2 aromatic rings. The van der Waals surface area contributed by atoms with Gasteiger partial charge in [0, 0.05) is 6.20 Å². The van der Waals surface area contributed by atoms with Gasteiger partial charge < -0.3 is 0 Å². The maximum Gasteiger partial charge on any atom is 0.156 e. The number of H-pyrrole nitrogens is 1. The van der Waals surface area contributed by atoms with Gasteiger partial charge in [0.25, 0.3) is 0 Å². The zero-order valence-electron chi connectivity index (χ0n) is 5.93. The molecule has 0 aromatic carbocycles. The van der Waals surface area contributed by atoms with Gasteiger partial charge in [0.15, 0.2) is 5.65 Å². The molecule has 2 rings (SSSR count). The first-order valence-electron chi connectivity index (χ1n) is 3.24. The van der Waals surface area contributed by atoms with E-state index in [4.69, 9.17) is 11.6 Å². The van der Waals surface area contributed by atoms with Crippen molar-refractivity contribution in [3.8, 4) is 0 Å². The number of aromatic amines is 1. The SMILES string of the molecule is Cc1n[nH]c2nccc(Cl)c12. The number of hydrogen-bond acceptors (Lipinski definition) is 2. The van der Waals surface area contributed by atoms with Crippen molar-refractivity contribution < 1.29 is 0 Å². The van der Waals surface area contributed by atoms with Crippen molar-refractivity contribution in [3.05, 3.63) is 23.0 Å². The topological polar surface area (TPSA) is 41.6 Å². The summed E-state index contributed by atoms with van der Waals surface area (Å²) >= 11 is 5.90. The lowest BCUT2D eigenvalue weighted by Crippen LogP contribution is -1.75. The third kappa shape index (κ3) is 0.886. The van der Waals surface area contributed by atoms with Crippen LogP contribution in [0.1, 0.15) is 5.69 Å². The van der Waals surface area contributed by atoms with Crippen molar-refractivity contribution in [2.24, 2.45) is 0 Å². The molecule has 2 heterocycles. The lowest BCUT2D eigenvalue weighted by atomic mass is 10.3. The minimum absolute atomic E-state index is 0.696. The van der Waals surface area contributed by atoms with E-state index in [1.165, 1.54) is 0 Å². The van der Waals surface area contributed by atoms with E-state index in [2.05, 4.69) is 15.2 Å². The van der Waals surface area contributed by atoms with Crippen LogP contribution in [-0.2, 0) is 0 Å². The molecule has 0 atom stereocenters. The maximum atomic E-state index is 5.90. The van der Waals surface area contributed by atoms with Crippen LogP contribution >= 0.6 is 11.6 Å². The molecule has 0 amide bonds. The highest BCUT2D eigenvalue weighted by molar-refractivity contribution is 6.35. The first-order valence-corrected chi connectivity index (χ1v) is 3.62. The lowest BCUT2D eigenvalue weighted by Gasteiger charge is -1.90. The van der Waals surface area contributed by atoms with E-state index < -0.39 is 0 Å². The molecule has 0 saturated heterocycles. The fraction of sp³-hybridized carbons (Fsp3) is 0.143. The summed E-state index contributed by atoms with van der Waals surface area (Å²) in [6.07, 6.45) is 1.66. The molecule has 0 saturated carbocycles. The highest BCUT2D eigenvalue weighted by atomic mass is 35.5. The van der Waals surface area contributed by atoms with Crippen LogP contribution in [0, 0.1) is 6.92 Å². The Morgan fingerprint density at radius 3 is 3.09 bits per heavy atom. The molecular weight excluding hydrogens is 162 g/mol. The van der Waals surface area contributed by atoms with E-state index in [1.807, 2.05) is 6.92 Å². The van der Waals surface area contributed by atoms with Crippen molar-refractivity contribution in [2.45, 2.75) is 6.92 Å². The van der Waals surface area contributed by atoms with Crippen LogP contribution in [0.4, 0.5) is 0 Å². The highest BCUT2D eigenvalue weighted by Gasteiger charge is 2.04. The fourth-order valence-corrected chi connectivity index (χ4v) is 1.34. The van der Waals surface area contributed by atoms with Gasteiger partial charge in [-0.2, -0.15) is 5.10 Å². The summed E-state index contributed by atoms with van der Waals surface area (Å²) < 4.78 is 0. The van der Waals surface area contributed by atoms with Crippen molar-refractivity contribution in [1.29, 1.82) is 0 Å². The van der Waals surface area contributed by atoms with Gasteiger partial charge in [0.1, 0.15) is 0 Å². The minimum Gasteiger partial charge on any atom is -0.261 e. The first-order chi connectivity index (χ1) is 5.29. The molecule has 0 fully saturated rings. The van der Waals surface area contributed by atoms with E-state index in [0.717, 1.165) is 16.7 Å². The zero-order chi connectivity index (χ0) is 7.84. The molecule has 0 unspecified atom stereocenters. The van der Waals surface area contributed by atoms with Crippen LogP contribution in [0.15, 0.2) is 12.3 Å². The Hall–Kier alpha value is -1.09. The number of nitrogens with one attached hydrogen (secondary N) is 1. The summed E-state index contributed by atoms with van der Waals surface area (Å²) in [7, 11) is 0. The quantitative estimate of drug-likeness (QED) is 0.652. The summed E-state index contributed by atoms with van der Waals surface area (Å²) in [5.41, 5.74) is 1.63. The molecule has 0 spiro atoms. The highest BCUT2D eigenvalue weighted by Crippen LogP contribution is 2.21. The Morgan fingerprint density at radius 2 is 2.36 bits per heavy atom. The largest absolute Gasteiger partial charge is 0.261 e. The number of halogens is 1. The van der Waals surface area contributed by atoms with Crippen LogP contribution in [0.25, 0.3) is 11.0 Å². The van der Waals surface area contributed by atoms with Gasteiger partial charge in [0.2, 0.25) is 0 Å². The number of aromatic nitrogens is 3. The van der Waals surface area contributed by atoms with Crippen LogP contribution in [-0.4, -0.2) is 15.2 Å². The zero-order valence-corrected chi connectivity index (χ0v) is 6.68. The van der Waals surface area contributed by atoms with Gasteiger partial charge in [-0.15, -0.1) is 0 Å². The summed E-state index contributed by atoms with van der Waals surface area (Å²) in [6.45, 7) is 1.90. The van der Waals surface area contributed by atoms with E-state index in [0.29, 0.717) is 5.02 Å². The second kappa shape index (κ2) is 2.20. The number of aryl methyl sites for hydroxylation is 1. The number of nitrogens with zero attached hydrogens (tertiary/aromatic N) is 2. The number of rotatable bonds is 0. The second-order valence-electron chi connectivity index (χ2n) is 2.33. The average molecular weight is 168 g/mol. The fourth-order valence-electron chi connectivity index (χ4n) is 1.06. The summed E-state index contributed by atoms with van der Waals surface area (Å²) in [5, 5.41) is 8.37. The molecular formula is C7H6ClN3. The Balaban J connectivity index is 2.96. The normalized spacial score (nSPS) is 10.7. The van der Waals surface area contributed by atoms with E-state index in [-0.39, 0.29) is 0 Å². The number of fused-ring (bicyclic) bond motifs is 1. The molecule has 0 aliphatic carbocycles. The predicted octanol–water partition coefficient (Wildman–Crippen LogP) is 1.92. The minimum atomic E-state index is 0.696. The molecule has 1 N–H and O–H groups in total. The van der Waals surface area contributed by atoms with Crippen LogP contribution in [0.5, 0.6) is 0 Å². The van der Waals surface area contributed by atoms with E-state index >= 15 is 0 Å². The van der Waals surface area contributed by atoms with Gasteiger partial charge in [0.05, 0.1) is 16.1 Å². The van der Waals surface area contributed by atoms with E-state index in [9.17, 15) is 0 Å². The molecule has 0 aliphatic rings. The van der Waals surface area contributed by atoms with Crippen molar-refractivity contribution in [3.63, 3.8) is 0 Å². The molecule has 4 heteroatoms. The van der Waals surface area contributed by atoms with Crippen molar-refractivity contribution in [2.75, 3.05) is 0 Å². The molecule has 0 radical (unpaired) electrons. The Bertz CT molecular complexity index is 393. The van der Waals surface area contributed by atoms with Gasteiger partial charge in [-0.1, -0.05) is 11.6 Å². The van der Waals surface area contributed by atoms with E-state index in [1.54, 1.807) is 12.3 Å². The molecule has 3 nitrogen and oxygen atoms in total. The summed E-state index contributed by atoms with van der Waals surface area (Å²) in [5.74, 6) is 0. The molecule has 0 bridgehead atoms. The smallest absolute Gasteiger partial charge is 0.156 e. The van der Waals surface area contributed by atoms with Gasteiger partial charge in [-0.3, -0.25) is 5.10 Å². The van der Waals surface area contributed by atoms with Crippen LogP contribution < -0.4 is 0 Å². The Morgan fingerprint density at radius 1 is 1.55 bits per heavy atom. The Kier molecular flexibility index (Phi) is 1.32. The van der Waals surface area contributed by atoms with Crippen LogP contribution in [0.2, 0.25) is 5.02 Å². The molecule has 2 aromatic heterocycles. The first kappa shape index (κ1) is 6.61. The summed E-state index contributed by atoms with van der Waals surface area (Å²) in [6, 6.07) is 1.76. The maximum absolute atomic E-state index is 5.90.